The maximum absolute atomic E-state index is 2.64. The van der Waals surface area contributed by atoms with E-state index in [1.165, 1.54) is 114 Å². The van der Waals surface area contributed by atoms with E-state index in [-0.39, 0.29) is 5.41 Å². The summed E-state index contributed by atoms with van der Waals surface area (Å²) in [6, 6.07) is 10.5. The molecule has 0 atom stereocenters. The topological polar surface area (TPSA) is 0 Å². The molecular weight excluding hydrogens is 420 g/mol. The summed E-state index contributed by atoms with van der Waals surface area (Å²) in [5.41, 5.74) is 12.9. The molecule has 0 radical (unpaired) electrons. The minimum Gasteiger partial charge on any atom is -0.0654 e. The zero-order valence-electron chi connectivity index (χ0n) is 24.1. The van der Waals surface area contributed by atoms with Gasteiger partial charge in [0.1, 0.15) is 0 Å². The Morgan fingerprint density at radius 1 is 0.486 bits per heavy atom. The van der Waals surface area contributed by atoms with Gasteiger partial charge in [-0.2, -0.15) is 0 Å². The van der Waals surface area contributed by atoms with Crippen molar-refractivity contribution in [3.8, 4) is 11.1 Å². The average molecular weight is 475 g/mol. The van der Waals surface area contributed by atoms with Gasteiger partial charge >= 0.3 is 0 Å². The molecule has 1 aliphatic carbocycles. The van der Waals surface area contributed by atoms with Crippen molar-refractivity contribution in [1.82, 2.24) is 0 Å². The monoisotopic (exact) mass is 474 g/mol. The van der Waals surface area contributed by atoms with Gasteiger partial charge in [0, 0.05) is 5.41 Å². The van der Waals surface area contributed by atoms with Crippen molar-refractivity contribution >= 4 is 0 Å². The van der Waals surface area contributed by atoms with Crippen LogP contribution in [-0.2, 0) is 18.3 Å². The maximum atomic E-state index is 2.64. The standard InChI is InChI=1S/C35H54/c1-7-11-15-17-21-35(22-18-16-12-8-2)33-23-27(5)29(19-13-9-3)25-31(33)32-26-30(20-14-10-4)28(6)24-34(32)35/h23-26H,7-22H2,1-6H3. The third-order valence-electron chi connectivity index (χ3n) is 8.79. The summed E-state index contributed by atoms with van der Waals surface area (Å²) in [5, 5.41) is 0. The molecule has 3 rings (SSSR count). The van der Waals surface area contributed by atoms with Crippen LogP contribution in [0.25, 0.3) is 11.1 Å². The minimum absolute atomic E-state index is 0.217. The predicted octanol–water partition coefficient (Wildman–Crippen LogP) is 11.2. The summed E-state index contributed by atoms with van der Waals surface area (Å²) in [5.74, 6) is 0. The lowest BCUT2D eigenvalue weighted by Crippen LogP contribution is -2.26. The van der Waals surface area contributed by atoms with Crippen LogP contribution in [0.15, 0.2) is 24.3 Å². The Balaban J connectivity index is 2.14. The van der Waals surface area contributed by atoms with Gasteiger partial charge in [-0.05, 0) is 96.9 Å². The van der Waals surface area contributed by atoms with E-state index < -0.39 is 0 Å². The summed E-state index contributed by atoms with van der Waals surface area (Å²) in [4.78, 5) is 0. The van der Waals surface area contributed by atoms with Gasteiger partial charge in [-0.15, -0.1) is 0 Å². The van der Waals surface area contributed by atoms with E-state index in [9.17, 15) is 0 Å². The van der Waals surface area contributed by atoms with E-state index in [2.05, 4.69) is 65.8 Å². The molecule has 2 aromatic carbocycles. The zero-order chi connectivity index (χ0) is 25.3. The number of fused-ring (bicyclic) bond motifs is 3. The maximum Gasteiger partial charge on any atom is 0.0215 e. The van der Waals surface area contributed by atoms with Crippen molar-refractivity contribution < 1.29 is 0 Å². The highest BCUT2D eigenvalue weighted by molar-refractivity contribution is 5.83. The summed E-state index contributed by atoms with van der Waals surface area (Å²) in [6.07, 6.45) is 21.0. The van der Waals surface area contributed by atoms with Crippen LogP contribution in [-0.4, -0.2) is 0 Å². The van der Waals surface area contributed by atoms with Gasteiger partial charge < -0.3 is 0 Å². The van der Waals surface area contributed by atoms with Crippen LogP contribution in [0, 0.1) is 13.8 Å². The Hall–Kier alpha value is -1.56. The highest BCUT2D eigenvalue weighted by atomic mass is 14.5. The van der Waals surface area contributed by atoms with Gasteiger partial charge in [0.25, 0.3) is 0 Å². The van der Waals surface area contributed by atoms with E-state index in [1.54, 1.807) is 33.4 Å². The largest absolute Gasteiger partial charge is 0.0654 e. The SMILES string of the molecule is CCCCCCC1(CCCCCC)c2cc(C)c(CCCC)cc2-c2cc(CCCC)c(C)cc21. The fourth-order valence-corrected chi connectivity index (χ4v) is 6.53. The first kappa shape index (κ1) is 28.0. The third kappa shape index (κ3) is 6.42. The van der Waals surface area contributed by atoms with Crippen LogP contribution in [0.3, 0.4) is 0 Å². The van der Waals surface area contributed by atoms with Gasteiger partial charge in [0.05, 0.1) is 0 Å². The Labute approximate surface area is 218 Å². The Kier molecular flexibility index (Phi) is 10.9. The Bertz CT molecular complexity index is 854. The molecule has 0 saturated carbocycles. The van der Waals surface area contributed by atoms with E-state index >= 15 is 0 Å². The van der Waals surface area contributed by atoms with Crippen LogP contribution < -0.4 is 0 Å². The second-order valence-electron chi connectivity index (χ2n) is 11.6. The second-order valence-corrected chi connectivity index (χ2v) is 11.6. The Morgan fingerprint density at radius 2 is 0.886 bits per heavy atom. The molecular formula is C35H54. The molecule has 0 N–H and O–H groups in total. The molecule has 0 aromatic heterocycles. The first-order chi connectivity index (χ1) is 17.0. The first-order valence-electron chi connectivity index (χ1n) is 15.3. The molecule has 35 heavy (non-hydrogen) atoms. The lowest BCUT2D eigenvalue weighted by molar-refractivity contribution is 0.400. The summed E-state index contributed by atoms with van der Waals surface area (Å²) >= 11 is 0. The van der Waals surface area contributed by atoms with Crippen LogP contribution in [0.5, 0.6) is 0 Å². The third-order valence-corrected chi connectivity index (χ3v) is 8.79. The van der Waals surface area contributed by atoms with E-state index in [0.29, 0.717) is 0 Å². The molecule has 0 saturated heterocycles. The molecule has 1 aliphatic rings. The van der Waals surface area contributed by atoms with Gasteiger partial charge in [0.2, 0.25) is 0 Å². The normalized spacial score (nSPS) is 13.8. The van der Waals surface area contributed by atoms with Crippen LogP contribution in [0.4, 0.5) is 0 Å². The van der Waals surface area contributed by atoms with E-state index in [0.717, 1.165) is 0 Å². The summed E-state index contributed by atoms with van der Waals surface area (Å²) < 4.78 is 0. The smallest absolute Gasteiger partial charge is 0.0215 e. The van der Waals surface area contributed by atoms with E-state index in [4.69, 9.17) is 0 Å². The van der Waals surface area contributed by atoms with Gasteiger partial charge in [-0.3, -0.25) is 0 Å². The van der Waals surface area contributed by atoms with Crippen molar-refractivity contribution in [2.75, 3.05) is 0 Å². The fourth-order valence-electron chi connectivity index (χ4n) is 6.53. The van der Waals surface area contributed by atoms with Gasteiger partial charge in [0.15, 0.2) is 0 Å². The average Bonchev–Trinajstić information content (AvgIpc) is 3.09. The lowest BCUT2D eigenvalue weighted by atomic mass is 9.70. The number of unbranched alkanes of at least 4 members (excludes halogenated alkanes) is 8. The molecule has 0 bridgehead atoms. The Morgan fingerprint density at radius 3 is 1.26 bits per heavy atom. The number of hydrogen-bond donors (Lipinski definition) is 0. The number of hydrogen-bond acceptors (Lipinski definition) is 0. The molecule has 0 unspecified atom stereocenters. The van der Waals surface area contributed by atoms with Crippen LogP contribution >= 0.6 is 0 Å². The molecule has 0 heteroatoms. The van der Waals surface area contributed by atoms with Gasteiger partial charge in [-0.25, -0.2) is 0 Å². The molecule has 0 nitrogen and oxygen atoms in total. The van der Waals surface area contributed by atoms with Crippen molar-refractivity contribution in [2.24, 2.45) is 0 Å². The minimum atomic E-state index is 0.217. The highest BCUT2D eigenvalue weighted by Crippen LogP contribution is 2.55. The molecule has 2 aromatic rings. The summed E-state index contributed by atoms with van der Waals surface area (Å²) in [6.45, 7) is 14.1. The first-order valence-corrected chi connectivity index (χ1v) is 15.3. The molecule has 0 heterocycles. The molecule has 0 aliphatic heterocycles. The second kappa shape index (κ2) is 13.7. The number of rotatable bonds is 16. The quantitative estimate of drug-likeness (QED) is 0.212. The van der Waals surface area contributed by atoms with Crippen molar-refractivity contribution in [2.45, 2.75) is 150 Å². The van der Waals surface area contributed by atoms with Gasteiger partial charge in [-0.1, -0.05) is 116 Å². The van der Waals surface area contributed by atoms with Crippen LogP contribution in [0.1, 0.15) is 151 Å². The highest BCUT2D eigenvalue weighted by Gasteiger charge is 2.43. The molecule has 0 amide bonds. The molecule has 0 spiro atoms. The predicted molar refractivity (Wildman–Crippen MR) is 157 cm³/mol. The van der Waals surface area contributed by atoms with E-state index in [1.807, 2.05) is 0 Å². The molecule has 0 fully saturated rings. The zero-order valence-corrected chi connectivity index (χ0v) is 24.1. The number of aryl methyl sites for hydroxylation is 4. The van der Waals surface area contributed by atoms with Crippen molar-refractivity contribution in [3.05, 3.63) is 57.6 Å². The van der Waals surface area contributed by atoms with Crippen molar-refractivity contribution in [3.63, 3.8) is 0 Å². The van der Waals surface area contributed by atoms with Crippen LogP contribution in [0.2, 0.25) is 0 Å². The molecule has 194 valence electrons. The summed E-state index contributed by atoms with van der Waals surface area (Å²) in [7, 11) is 0. The fraction of sp³-hybridized carbons (Fsp3) is 0.657. The lowest BCUT2D eigenvalue weighted by Gasteiger charge is -2.33. The van der Waals surface area contributed by atoms with Crippen molar-refractivity contribution in [1.29, 1.82) is 0 Å². The number of benzene rings is 2.